The number of nitrogens with one attached hydrogen (secondary N) is 3. The van der Waals surface area contributed by atoms with E-state index in [0.29, 0.717) is 23.8 Å². The molecule has 6 rings (SSSR count). The highest BCUT2D eigenvalue weighted by molar-refractivity contribution is 6.48. The lowest BCUT2D eigenvalue weighted by Gasteiger charge is -2.64. The fourth-order valence-corrected chi connectivity index (χ4v) is 7.45. The highest BCUT2D eigenvalue weighted by Crippen LogP contribution is 2.65. The third-order valence-electron chi connectivity index (χ3n) is 10.4. The molecule has 4 saturated carbocycles. The summed E-state index contributed by atoms with van der Waals surface area (Å²) in [4.78, 5) is 39.5. The molecule has 0 spiro atoms. The molecular weight excluding hydrogens is 529 g/mol. The monoisotopic (exact) mass is 579 g/mol. The minimum absolute atomic E-state index is 0.00801. The summed E-state index contributed by atoms with van der Waals surface area (Å²) in [6.07, 6.45) is 7.73. The van der Waals surface area contributed by atoms with E-state index in [0.717, 1.165) is 44.9 Å². The van der Waals surface area contributed by atoms with Crippen molar-refractivity contribution in [3.05, 3.63) is 35.4 Å². The maximum Gasteiger partial charge on any atom is 0.481 e. The summed E-state index contributed by atoms with van der Waals surface area (Å²) in [5.41, 5.74) is 1.52. The van der Waals surface area contributed by atoms with Gasteiger partial charge >= 0.3 is 7.12 Å². The molecule has 42 heavy (non-hydrogen) atoms. The number of aryl methyl sites for hydroxylation is 1. The Bertz CT molecular complexity index is 1150. The van der Waals surface area contributed by atoms with Gasteiger partial charge in [0.25, 0.3) is 5.91 Å². The van der Waals surface area contributed by atoms with E-state index in [-0.39, 0.29) is 59.2 Å². The van der Waals surface area contributed by atoms with Gasteiger partial charge in [0.2, 0.25) is 11.8 Å². The van der Waals surface area contributed by atoms with Crippen molar-refractivity contribution in [1.82, 2.24) is 16.0 Å². The molecule has 9 heteroatoms. The zero-order valence-electron chi connectivity index (χ0n) is 26.3. The lowest BCUT2D eigenvalue weighted by molar-refractivity contribution is -0.199. The van der Waals surface area contributed by atoms with Crippen molar-refractivity contribution in [1.29, 1.82) is 0 Å². The summed E-state index contributed by atoms with van der Waals surface area (Å²) in [5, 5.41) is 8.95. The number of hydrogen-bond acceptors (Lipinski definition) is 5. The largest absolute Gasteiger partial charge is 0.481 e. The van der Waals surface area contributed by atoms with E-state index < -0.39 is 13.2 Å². The van der Waals surface area contributed by atoms with Crippen molar-refractivity contribution in [2.45, 2.75) is 117 Å². The summed E-state index contributed by atoms with van der Waals surface area (Å²) < 4.78 is 13.3. The first-order valence-electron chi connectivity index (χ1n) is 16.2. The summed E-state index contributed by atoms with van der Waals surface area (Å²) >= 11 is 0. The molecule has 0 aromatic heterocycles. The molecule has 3 amide bonds. The average Bonchev–Trinajstić information content (AvgIpc) is 3.73. The first kappa shape index (κ1) is 31.1. The molecule has 0 unspecified atom stereocenters. The quantitative estimate of drug-likeness (QED) is 0.300. The normalized spacial score (nSPS) is 28.8. The van der Waals surface area contributed by atoms with Crippen LogP contribution in [0.1, 0.15) is 102 Å². The fourth-order valence-electron chi connectivity index (χ4n) is 7.45. The first-order valence-corrected chi connectivity index (χ1v) is 16.2. The number of carbonyl (C=O) groups excluding carboxylic acids is 3. The van der Waals surface area contributed by atoms with E-state index in [9.17, 15) is 14.4 Å². The number of carbonyl (C=O) groups is 3. The third-order valence-corrected chi connectivity index (χ3v) is 10.4. The average molecular weight is 580 g/mol. The van der Waals surface area contributed by atoms with Gasteiger partial charge in [-0.3, -0.25) is 14.4 Å². The number of rotatable bonds is 13. The molecule has 8 nitrogen and oxygen atoms in total. The summed E-state index contributed by atoms with van der Waals surface area (Å²) in [5.74, 6) is 0.224. The van der Waals surface area contributed by atoms with Gasteiger partial charge < -0.3 is 25.3 Å². The van der Waals surface area contributed by atoms with E-state index in [4.69, 9.17) is 9.31 Å². The van der Waals surface area contributed by atoms with E-state index in [1.54, 1.807) is 12.1 Å². The Kier molecular flexibility index (Phi) is 9.10. The Morgan fingerprint density at radius 2 is 1.76 bits per heavy atom. The van der Waals surface area contributed by atoms with Gasteiger partial charge in [0.1, 0.15) is 6.04 Å². The van der Waals surface area contributed by atoms with E-state index >= 15 is 0 Å². The Morgan fingerprint density at radius 3 is 2.38 bits per heavy atom. The Hall–Kier alpha value is -2.39. The number of amides is 3. The molecule has 5 aliphatic rings. The van der Waals surface area contributed by atoms with Crippen molar-refractivity contribution in [2.75, 3.05) is 6.54 Å². The smallest absolute Gasteiger partial charge is 0.404 e. The summed E-state index contributed by atoms with van der Waals surface area (Å²) in [7, 11) is -0.561. The van der Waals surface area contributed by atoms with E-state index in [1.165, 1.54) is 5.56 Å². The standard InChI is InChI=1S/C33H50BN3O5/c1-7-8-9-21-10-12-23(13-11-21)30(39)36-25(19-35-29(38)22-14-15-22)31(40)37-28(16-20(2)3)34-41-27-18-24-17-26(32(24,4)5)33(27,6)42-34/h10-13,20,22,24-28H,7-9,14-19H2,1-6H3,(H,35,38)(H,36,39)(H,37,40)/t24-,25+,26-,27-,28+,33+/m1/s1. The van der Waals surface area contributed by atoms with Crippen LogP contribution in [0.25, 0.3) is 0 Å². The Morgan fingerprint density at radius 1 is 1.05 bits per heavy atom. The van der Waals surface area contributed by atoms with Gasteiger partial charge in [-0.25, -0.2) is 0 Å². The zero-order chi connectivity index (χ0) is 30.2. The van der Waals surface area contributed by atoms with Crippen LogP contribution in [0, 0.1) is 29.1 Å². The minimum Gasteiger partial charge on any atom is -0.404 e. The highest BCUT2D eigenvalue weighted by Gasteiger charge is 2.68. The van der Waals surface area contributed by atoms with E-state index in [2.05, 4.69) is 57.5 Å². The van der Waals surface area contributed by atoms with Crippen molar-refractivity contribution in [3.8, 4) is 0 Å². The minimum atomic E-state index is -0.930. The molecule has 2 bridgehead atoms. The molecular formula is C33H50BN3O5. The van der Waals surface area contributed by atoms with Crippen LogP contribution < -0.4 is 16.0 Å². The third kappa shape index (κ3) is 6.42. The van der Waals surface area contributed by atoms with Crippen LogP contribution in [0.15, 0.2) is 24.3 Å². The van der Waals surface area contributed by atoms with Gasteiger partial charge in [-0.15, -0.1) is 0 Å². The molecule has 1 aromatic rings. The second kappa shape index (κ2) is 12.3. The molecule has 1 aliphatic heterocycles. The zero-order valence-corrected chi connectivity index (χ0v) is 26.3. The first-order chi connectivity index (χ1) is 19.9. The molecule has 1 heterocycles. The molecule has 6 atom stereocenters. The lowest BCUT2D eigenvalue weighted by atomic mass is 9.43. The molecule has 230 valence electrons. The van der Waals surface area contributed by atoms with Crippen molar-refractivity contribution in [2.24, 2.45) is 29.1 Å². The number of hydrogen-bond donors (Lipinski definition) is 3. The highest BCUT2D eigenvalue weighted by atomic mass is 16.7. The van der Waals surface area contributed by atoms with Gasteiger partial charge in [-0.1, -0.05) is 53.2 Å². The van der Waals surface area contributed by atoms with Crippen LogP contribution in [0.2, 0.25) is 0 Å². The van der Waals surface area contributed by atoms with Gasteiger partial charge in [-0.05, 0) is 92.7 Å². The van der Waals surface area contributed by atoms with Crippen LogP contribution in [0.5, 0.6) is 0 Å². The summed E-state index contributed by atoms with van der Waals surface area (Å²) in [6, 6.07) is 6.60. The number of benzene rings is 1. The molecule has 1 saturated heterocycles. The molecule has 4 aliphatic carbocycles. The predicted octanol–water partition coefficient (Wildman–Crippen LogP) is 4.45. The molecule has 0 radical (unpaired) electrons. The molecule has 3 N–H and O–H groups in total. The Balaban J connectivity index is 1.28. The van der Waals surface area contributed by atoms with Gasteiger partial charge in [0.05, 0.1) is 17.6 Å². The summed E-state index contributed by atoms with van der Waals surface area (Å²) in [6.45, 7) is 13.3. The Labute approximate surface area is 252 Å². The lowest BCUT2D eigenvalue weighted by Crippen LogP contribution is -2.65. The SMILES string of the molecule is CCCCc1ccc(C(=O)N[C@@H](CNC(=O)C2CC2)C(=O)N[C@@H](CC(C)C)B2O[C@@H]3C[C@H]4C[C@H](C4(C)C)[C@]3(C)O2)cc1. The molecule has 1 aromatic carbocycles. The maximum absolute atomic E-state index is 13.8. The second-order valence-corrected chi connectivity index (χ2v) is 14.4. The van der Waals surface area contributed by atoms with Crippen molar-refractivity contribution < 1.29 is 23.7 Å². The van der Waals surface area contributed by atoms with E-state index in [1.807, 2.05) is 12.1 Å². The van der Waals surface area contributed by atoms with Crippen molar-refractivity contribution in [3.63, 3.8) is 0 Å². The topological polar surface area (TPSA) is 106 Å². The second-order valence-electron chi connectivity index (χ2n) is 14.4. The van der Waals surface area contributed by atoms with Gasteiger partial charge in [0, 0.05) is 18.0 Å². The van der Waals surface area contributed by atoms with Crippen LogP contribution in [-0.2, 0) is 25.3 Å². The van der Waals surface area contributed by atoms with Crippen LogP contribution >= 0.6 is 0 Å². The maximum atomic E-state index is 13.8. The van der Waals surface area contributed by atoms with Crippen LogP contribution in [0.3, 0.4) is 0 Å². The predicted molar refractivity (Wildman–Crippen MR) is 164 cm³/mol. The number of unbranched alkanes of at least 4 members (excludes halogenated alkanes) is 1. The van der Waals surface area contributed by atoms with Crippen LogP contribution in [0.4, 0.5) is 0 Å². The fraction of sp³-hybridized carbons (Fsp3) is 0.727. The van der Waals surface area contributed by atoms with Crippen molar-refractivity contribution >= 4 is 24.8 Å². The van der Waals surface area contributed by atoms with Gasteiger partial charge in [-0.2, -0.15) is 0 Å². The van der Waals surface area contributed by atoms with Crippen LogP contribution in [-0.4, -0.2) is 55.1 Å². The van der Waals surface area contributed by atoms with Gasteiger partial charge in [0.15, 0.2) is 0 Å². The molecule has 5 fully saturated rings.